The highest BCUT2D eigenvalue weighted by Gasteiger charge is 2.47. The summed E-state index contributed by atoms with van der Waals surface area (Å²) in [5, 5.41) is 3.31. The van der Waals surface area contributed by atoms with Crippen LogP contribution in [0.5, 0.6) is 0 Å². The lowest BCUT2D eigenvalue weighted by Crippen LogP contribution is -2.44. The van der Waals surface area contributed by atoms with E-state index in [2.05, 4.69) is 10.3 Å². The van der Waals surface area contributed by atoms with Crippen LogP contribution in [0.3, 0.4) is 0 Å². The van der Waals surface area contributed by atoms with Gasteiger partial charge in [-0.2, -0.15) is 26.3 Å². The molecule has 0 radical (unpaired) electrons. The van der Waals surface area contributed by atoms with E-state index in [-0.39, 0.29) is 6.04 Å². The molecule has 5 rings (SSSR count). The van der Waals surface area contributed by atoms with E-state index in [1.54, 1.807) is 35.4 Å². The molecule has 3 aromatic rings. The van der Waals surface area contributed by atoms with Crippen molar-refractivity contribution in [3.8, 4) is 0 Å². The number of rotatable bonds is 8. The van der Waals surface area contributed by atoms with Crippen molar-refractivity contribution in [3.05, 3.63) is 89.8 Å². The first-order valence-electron chi connectivity index (χ1n) is 14.1. The lowest BCUT2D eigenvalue weighted by atomic mass is 9.96. The quantitative estimate of drug-likeness (QED) is 0.157. The SMILES string of the molecule is O=C(C=CN1CCN(c2ccccn2)CC1)c1ccc(Sc2cccc(NC3CCOCC3)c2)c(C(F)(F)F)c1C(F)(F)F. The summed E-state index contributed by atoms with van der Waals surface area (Å²) in [6, 6.07) is 13.9. The van der Waals surface area contributed by atoms with Crippen molar-refractivity contribution >= 4 is 29.1 Å². The Bertz CT molecular complexity index is 1470. The molecular weight excluding hydrogens is 606 g/mol. The van der Waals surface area contributed by atoms with Crippen LogP contribution < -0.4 is 10.2 Å². The zero-order valence-electron chi connectivity index (χ0n) is 23.5. The first-order chi connectivity index (χ1) is 21.0. The minimum Gasteiger partial charge on any atom is -0.382 e. The van der Waals surface area contributed by atoms with Crippen molar-refractivity contribution in [3.63, 3.8) is 0 Å². The van der Waals surface area contributed by atoms with Crippen molar-refractivity contribution in [2.24, 2.45) is 0 Å². The Morgan fingerprint density at radius 3 is 2.30 bits per heavy atom. The second-order valence-electron chi connectivity index (χ2n) is 10.4. The molecule has 234 valence electrons. The summed E-state index contributed by atoms with van der Waals surface area (Å²) >= 11 is 0.570. The van der Waals surface area contributed by atoms with Gasteiger partial charge in [-0.3, -0.25) is 4.79 Å². The summed E-state index contributed by atoms with van der Waals surface area (Å²) in [6.45, 7) is 3.20. The highest BCUT2D eigenvalue weighted by molar-refractivity contribution is 7.99. The molecule has 44 heavy (non-hydrogen) atoms. The number of nitrogens with zero attached hydrogens (tertiary/aromatic N) is 3. The van der Waals surface area contributed by atoms with Crippen LogP contribution in [0.1, 0.15) is 34.3 Å². The lowest BCUT2D eigenvalue weighted by Gasteiger charge is -2.34. The van der Waals surface area contributed by atoms with E-state index in [1.807, 2.05) is 17.0 Å². The van der Waals surface area contributed by atoms with Gasteiger partial charge in [-0.05, 0) is 55.3 Å². The van der Waals surface area contributed by atoms with Gasteiger partial charge in [0.25, 0.3) is 0 Å². The lowest BCUT2D eigenvalue weighted by molar-refractivity contribution is -0.163. The largest absolute Gasteiger partial charge is 0.418 e. The van der Waals surface area contributed by atoms with Gasteiger partial charge in [0.15, 0.2) is 5.78 Å². The van der Waals surface area contributed by atoms with Gasteiger partial charge in [-0.25, -0.2) is 4.98 Å². The van der Waals surface area contributed by atoms with Crippen LogP contribution in [0.4, 0.5) is 37.8 Å². The molecule has 0 atom stereocenters. The maximum absolute atomic E-state index is 14.3. The van der Waals surface area contributed by atoms with Gasteiger partial charge < -0.3 is 19.9 Å². The predicted molar refractivity (Wildman–Crippen MR) is 156 cm³/mol. The molecule has 0 unspecified atom stereocenters. The van der Waals surface area contributed by atoms with E-state index < -0.39 is 39.7 Å². The number of carbonyl (C=O) groups excluding carboxylic acids is 1. The molecule has 0 spiro atoms. The average molecular weight is 637 g/mol. The van der Waals surface area contributed by atoms with E-state index in [0.717, 1.165) is 36.9 Å². The summed E-state index contributed by atoms with van der Waals surface area (Å²) in [6.07, 6.45) is -5.37. The number of piperazine rings is 1. The number of ether oxygens (including phenoxy) is 1. The van der Waals surface area contributed by atoms with Crippen molar-refractivity contribution in [1.29, 1.82) is 0 Å². The zero-order chi connectivity index (χ0) is 31.3. The minimum atomic E-state index is -5.43. The molecule has 13 heteroatoms. The van der Waals surface area contributed by atoms with Gasteiger partial charge in [-0.15, -0.1) is 0 Å². The number of allylic oxidation sites excluding steroid dienone is 1. The number of halogens is 6. The number of benzene rings is 2. The summed E-state index contributed by atoms with van der Waals surface area (Å²) < 4.78 is 91.3. The Labute approximate surface area is 255 Å². The van der Waals surface area contributed by atoms with E-state index >= 15 is 0 Å². The van der Waals surface area contributed by atoms with Crippen LogP contribution in [-0.4, -0.2) is 61.1 Å². The summed E-state index contributed by atoms with van der Waals surface area (Å²) in [5.74, 6) is -0.379. The smallest absolute Gasteiger partial charge is 0.382 e. The number of hydrogen-bond donors (Lipinski definition) is 1. The maximum atomic E-state index is 14.3. The summed E-state index contributed by atoms with van der Waals surface area (Å²) in [4.78, 5) is 20.7. The molecule has 2 saturated heterocycles. The van der Waals surface area contributed by atoms with Crippen LogP contribution in [0.2, 0.25) is 0 Å². The van der Waals surface area contributed by atoms with Crippen molar-refractivity contribution in [1.82, 2.24) is 9.88 Å². The molecule has 1 aromatic heterocycles. The molecule has 0 saturated carbocycles. The number of alkyl halides is 6. The van der Waals surface area contributed by atoms with Gasteiger partial charge >= 0.3 is 12.4 Å². The Kier molecular flexibility index (Phi) is 9.74. The van der Waals surface area contributed by atoms with Gasteiger partial charge in [0.1, 0.15) is 5.82 Å². The van der Waals surface area contributed by atoms with Crippen LogP contribution in [0.15, 0.2) is 82.9 Å². The Morgan fingerprint density at radius 1 is 0.909 bits per heavy atom. The van der Waals surface area contributed by atoms with E-state index in [4.69, 9.17) is 4.74 Å². The molecule has 0 amide bonds. The normalized spacial score (nSPS) is 16.9. The minimum absolute atomic E-state index is 0.120. The van der Waals surface area contributed by atoms with Crippen molar-refractivity contribution < 1.29 is 35.9 Å². The standard InChI is InChI=1S/C31H30F6N4O2S/c32-30(33,34)28-24(25(42)9-13-40-14-16-41(17-15-40)27-6-1-2-12-38-27)7-8-26(29(28)31(35,36)37)44-23-5-3-4-22(20-23)39-21-10-18-43-19-11-21/h1-9,12-13,20-21,39H,10-11,14-19H2. The van der Waals surface area contributed by atoms with Gasteiger partial charge in [0, 0.05) is 84.9 Å². The number of anilines is 2. The fourth-order valence-corrected chi connectivity index (χ4v) is 6.25. The molecule has 1 N–H and O–H groups in total. The topological polar surface area (TPSA) is 57.7 Å². The molecule has 3 heterocycles. The number of aromatic nitrogens is 1. The fraction of sp³-hybridized carbons (Fsp3) is 0.355. The number of nitrogens with one attached hydrogen (secondary N) is 1. The van der Waals surface area contributed by atoms with Crippen LogP contribution in [0.25, 0.3) is 0 Å². The Hall–Kier alpha value is -3.71. The molecule has 2 aromatic carbocycles. The first kappa shape index (κ1) is 31.7. The highest BCUT2D eigenvalue weighted by Crippen LogP contribution is 2.48. The zero-order valence-corrected chi connectivity index (χ0v) is 24.3. The Morgan fingerprint density at radius 2 is 1.64 bits per heavy atom. The second-order valence-corrected chi connectivity index (χ2v) is 11.5. The molecule has 2 fully saturated rings. The number of ketones is 1. The monoisotopic (exact) mass is 636 g/mol. The molecule has 2 aliphatic rings. The third kappa shape index (κ3) is 7.86. The third-order valence-corrected chi connectivity index (χ3v) is 8.43. The van der Waals surface area contributed by atoms with Crippen LogP contribution >= 0.6 is 11.8 Å². The fourth-order valence-electron chi connectivity index (χ4n) is 5.21. The van der Waals surface area contributed by atoms with E-state index in [0.29, 0.717) is 61.7 Å². The molecule has 6 nitrogen and oxygen atoms in total. The van der Waals surface area contributed by atoms with Gasteiger partial charge in [0.2, 0.25) is 0 Å². The number of carbonyl (C=O) groups is 1. The van der Waals surface area contributed by atoms with Gasteiger partial charge in [0.05, 0.1) is 11.1 Å². The van der Waals surface area contributed by atoms with Crippen LogP contribution in [-0.2, 0) is 17.1 Å². The molecule has 0 aliphatic carbocycles. The number of pyridine rings is 1. The second kappa shape index (κ2) is 13.5. The highest BCUT2D eigenvalue weighted by atomic mass is 32.2. The molecular formula is C31H30F6N4O2S. The Balaban J connectivity index is 1.37. The molecule has 0 bridgehead atoms. The van der Waals surface area contributed by atoms with Crippen LogP contribution in [0, 0.1) is 0 Å². The average Bonchev–Trinajstić information content (AvgIpc) is 3.00. The van der Waals surface area contributed by atoms with Crippen molar-refractivity contribution in [2.75, 3.05) is 49.6 Å². The molecule has 2 aliphatic heterocycles. The van der Waals surface area contributed by atoms with E-state index in [1.165, 1.54) is 12.3 Å². The van der Waals surface area contributed by atoms with E-state index in [9.17, 15) is 31.1 Å². The predicted octanol–water partition coefficient (Wildman–Crippen LogP) is 7.38. The van der Waals surface area contributed by atoms with Gasteiger partial charge in [-0.1, -0.05) is 23.9 Å². The van der Waals surface area contributed by atoms with Crippen molar-refractivity contribution in [2.45, 2.75) is 41.0 Å². The number of hydrogen-bond acceptors (Lipinski definition) is 7. The summed E-state index contributed by atoms with van der Waals surface area (Å²) in [5.41, 5.74) is -4.26. The summed E-state index contributed by atoms with van der Waals surface area (Å²) in [7, 11) is 0. The maximum Gasteiger partial charge on any atom is 0.418 e. The third-order valence-electron chi connectivity index (χ3n) is 7.38. The first-order valence-corrected chi connectivity index (χ1v) is 14.9.